The molecule has 8 nitrogen and oxygen atoms in total. The summed E-state index contributed by atoms with van der Waals surface area (Å²) < 4.78 is 33.4. The Kier molecular flexibility index (Phi) is 7.45. The molecule has 2 amide bonds. The second-order valence-electron chi connectivity index (χ2n) is 7.25. The Morgan fingerprint density at radius 3 is 2.34 bits per heavy atom. The molecule has 0 unspecified atom stereocenters. The molecule has 0 aliphatic rings. The van der Waals surface area contributed by atoms with Crippen LogP contribution in [0.2, 0.25) is 0 Å². The standard InChI is InChI=1S/C23H25N3O5S/c1-31-19-9-6-16(7-10-19)15-25-23(28)21(12-13-22(24)27)26-32(29,30)20-11-8-17-4-2-3-5-18(17)14-20/h2-11,14,21,26H,12-13,15H2,1H3,(H2,24,27)(H,25,28)/t21-/m0/s1. The Morgan fingerprint density at radius 2 is 1.69 bits per heavy atom. The van der Waals surface area contributed by atoms with Gasteiger partial charge in [0.15, 0.2) is 0 Å². The molecule has 0 aromatic heterocycles. The summed E-state index contributed by atoms with van der Waals surface area (Å²) in [5.74, 6) is -0.489. The number of primary amides is 1. The van der Waals surface area contributed by atoms with Crippen LogP contribution in [-0.4, -0.2) is 33.4 Å². The summed E-state index contributed by atoms with van der Waals surface area (Å²) in [6, 6.07) is 18.0. The van der Waals surface area contributed by atoms with Gasteiger partial charge in [0.1, 0.15) is 11.8 Å². The molecule has 1 atom stereocenters. The van der Waals surface area contributed by atoms with Crippen molar-refractivity contribution >= 4 is 32.6 Å². The first-order chi connectivity index (χ1) is 15.3. The fourth-order valence-electron chi connectivity index (χ4n) is 3.18. The average molecular weight is 456 g/mol. The molecule has 3 aromatic rings. The van der Waals surface area contributed by atoms with Gasteiger partial charge < -0.3 is 15.8 Å². The van der Waals surface area contributed by atoms with E-state index in [0.29, 0.717) is 5.75 Å². The number of hydrogen-bond donors (Lipinski definition) is 3. The number of carbonyl (C=O) groups excluding carboxylic acids is 2. The van der Waals surface area contributed by atoms with Crippen LogP contribution in [0.5, 0.6) is 5.75 Å². The highest BCUT2D eigenvalue weighted by Gasteiger charge is 2.26. The van der Waals surface area contributed by atoms with Crippen LogP contribution in [0, 0.1) is 0 Å². The predicted molar refractivity (Wildman–Crippen MR) is 121 cm³/mol. The molecule has 0 fully saturated rings. The second kappa shape index (κ2) is 10.3. The molecule has 3 aromatic carbocycles. The van der Waals surface area contributed by atoms with E-state index in [1.165, 1.54) is 12.1 Å². The number of amides is 2. The minimum Gasteiger partial charge on any atom is -0.497 e. The Balaban J connectivity index is 1.75. The monoisotopic (exact) mass is 455 g/mol. The van der Waals surface area contributed by atoms with E-state index in [9.17, 15) is 18.0 Å². The number of carbonyl (C=O) groups is 2. The fraction of sp³-hybridized carbons (Fsp3) is 0.217. The highest BCUT2D eigenvalue weighted by molar-refractivity contribution is 7.89. The molecule has 0 aliphatic heterocycles. The van der Waals surface area contributed by atoms with Gasteiger partial charge in [-0.25, -0.2) is 8.42 Å². The van der Waals surface area contributed by atoms with Crippen molar-refractivity contribution in [3.05, 3.63) is 72.3 Å². The molecule has 0 spiro atoms. The Hall–Kier alpha value is -3.43. The predicted octanol–water partition coefficient (Wildman–Crippen LogP) is 2.08. The topological polar surface area (TPSA) is 128 Å². The third-order valence-electron chi connectivity index (χ3n) is 4.95. The number of methoxy groups -OCH3 is 1. The van der Waals surface area contributed by atoms with E-state index in [2.05, 4.69) is 10.0 Å². The van der Waals surface area contributed by atoms with Crippen LogP contribution in [0.4, 0.5) is 0 Å². The molecule has 0 radical (unpaired) electrons. The van der Waals surface area contributed by atoms with Gasteiger partial charge in [-0.15, -0.1) is 0 Å². The number of nitrogens with one attached hydrogen (secondary N) is 2. The first-order valence-corrected chi connectivity index (χ1v) is 11.5. The van der Waals surface area contributed by atoms with Crippen molar-refractivity contribution in [2.24, 2.45) is 5.73 Å². The Morgan fingerprint density at radius 1 is 1.00 bits per heavy atom. The van der Waals surface area contributed by atoms with Gasteiger partial charge in [0.05, 0.1) is 12.0 Å². The van der Waals surface area contributed by atoms with Gasteiger partial charge in [0.2, 0.25) is 21.8 Å². The van der Waals surface area contributed by atoms with Gasteiger partial charge >= 0.3 is 0 Å². The summed E-state index contributed by atoms with van der Waals surface area (Å²) >= 11 is 0. The highest BCUT2D eigenvalue weighted by Crippen LogP contribution is 2.19. The van der Waals surface area contributed by atoms with Crippen LogP contribution in [-0.2, 0) is 26.2 Å². The lowest BCUT2D eigenvalue weighted by molar-refractivity contribution is -0.123. The zero-order chi connectivity index (χ0) is 23.1. The third kappa shape index (κ3) is 6.05. The first kappa shape index (κ1) is 23.2. The Bertz CT molecular complexity index is 1210. The normalized spacial score (nSPS) is 12.3. The molecule has 168 valence electrons. The minimum absolute atomic E-state index is 0.0308. The van der Waals surface area contributed by atoms with Crippen molar-refractivity contribution in [2.75, 3.05) is 7.11 Å². The van der Waals surface area contributed by atoms with E-state index >= 15 is 0 Å². The van der Waals surface area contributed by atoms with Crippen LogP contribution in [0.15, 0.2) is 71.6 Å². The summed E-state index contributed by atoms with van der Waals surface area (Å²) in [7, 11) is -2.46. The second-order valence-corrected chi connectivity index (χ2v) is 8.97. The van der Waals surface area contributed by atoms with Crippen LogP contribution in [0.25, 0.3) is 10.8 Å². The quantitative estimate of drug-likeness (QED) is 0.431. The number of sulfonamides is 1. The molecule has 0 saturated carbocycles. The SMILES string of the molecule is COc1ccc(CNC(=O)[C@H](CCC(N)=O)NS(=O)(=O)c2ccc3ccccc3c2)cc1. The minimum atomic E-state index is -4.02. The molecular weight excluding hydrogens is 430 g/mol. The molecule has 0 saturated heterocycles. The summed E-state index contributed by atoms with van der Waals surface area (Å²) in [6.07, 6.45) is -0.197. The molecule has 4 N–H and O–H groups in total. The lowest BCUT2D eigenvalue weighted by atomic mass is 10.1. The zero-order valence-corrected chi connectivity index (χ0v) is 18.4. The molecule has 0 heterocycles. The maximum absolute atomic E-state index is 13.0. The molecule has 0 bridgehead atoms. The van der Waals surface area contributed by atoms with Gasteiger partial charge in [-0.1, -0.05) is 42.5 Å². The van der Waals surface area contributed by atoms with Gasteiger partial charge in [-0.2, -0.15) is 4.72 Å². The number of ether oxygens (including phenoxy) is 1. The lowest BCUT2D eigenvalue weighted by Gasteiger charge is -2.18. The van der Waals surface area contributed by atoms with Crippen LogP contribution >= 0.6 is 0 Å². The third-order valence-corrected chi connectivity index (χ3v) is 6.42. The van der Waals surface area contributed by atoms with Crippen molar-refractivity contribution in [1.29, 1.82) is 0 Å². The van der Waals surface area contributed by atoms with E-state index in [-0.39, 0.29) is 24.3 Å². The van der Waals surface area contributed by atoms with Crippen molar-refractivity contribution in [2.45, 2.75) is 30.3 Å². The molecule has 9 heteroatoms. The van der Waals surface area contributed by atoms with Gasteiger partial charge in [-0.05, 0) is 47.0 Å². The van der Waals surface area contributed by atoms with Gasteiger partial charge in [0, 0.05) is 13.0 Å². The molecule has 32 heavy (non-hydrogen) atoms. The maximum atomic E-state index is 13.0. The van der Waals surface area contributed by atoms with Crippen molar-refractivity contribution in [3.8, 4) is 5.75 Å². The van der Waals surface area contributed by atoms with E-state index < -0.39 is 27.9 Å². The van der Waals surface area contributed by atoms with E-state index in [4.69, 9.17) is 10.5 Å². The van der Waals surface area contributed by atoms with Crippen molar-refractivity contribution in [1.82, 2.24) is 10.0 Å². The molecular formula is C23H25N3O5S. The van der Waals surface area contributed by atoms with Crippen LogP contribution < -0.4 is 20.5 Å². The van der Waals surface area contributed by atoms with Crippen LogP contribution in [0.3, 0.4) is 0 Å². The van der Waals surface area contributed by atoms with Crippen molar-refractivity contribution < 1.29 is 22.7 Å². The van der Waals surface area contributed by atoms with E-state index in [0.717, 1.165) is 16.3 Å². The number of hydrogen-bond acceptors (Lipinski definition) is 5. The average Bonchev–Trinajstić information content (AvgIpc) is 2.80. The number of fused-ring (bicyclic) bond motifs is 1. The van der Waals surface area contributed by atoms with E-state index in [1.54, 1.807) is 43.5 Å². The summed E-state index contributed by atoms with van der Waals surface area (Å²) in [5, 5.41) is 4.36. The number of nitrogens with two attached hydrogens (primary N) is 1. The summed E-state index contributed by atoms with van der Waals surface area (Å²) in [6.45, 7) is 0.188. The molecule has 3 rings (SSSR count). The van der Waals surface area contributed by atoms with Gasteiger partial charge in [0.25, 0.3) is 0 Å². The fourth-order valence-corrected chi connectivity index (χ4v) is 4.44. The smallest absolute Gasteiger partial charge is 0.241 e. The van der Waals surface area contributed by atoms with Crippen LogP contribution in [0.1, 0.15) is 18.4 Å². The lowest BCUT2D eigenvalue weighted by Crippen LogP contribution is -2.46. The summed E-state index contributed by atoms with van der Waals surface area (Å²) in [5.41, 5.74) is 6.02. The van der Waals surface area contributed by atoms with E-state index in [1.807, 2.05) is 18.2 Å². The first-order valence-electron chi connectivity index (χ1n) is 9.98. The highest BCUT2D eigenvalue weighted by atomic mass is 32.2. The zero-order valence-electron chi connectivity index (χ0n) is 17.6. The Labute approximate surface area is 186 Å². The number of benzene rings is 3. The summed E-state index contributed by atoms with van der Waals surface area (Å²) in [4.78, 5) is 24.0. The number of rotatable bonds is 10. The molecule has 0 aliphatic carbocycles. The maximum Gasteiger partial charge on any atom is 0.241 e. The van der Waals surface area contributed by atoms with Gasteiger partial charge in [-0.3, -0.25) is 9.59 Å². The largest absolute Gasteiger partial charge is 0.497 e. The van der Waals surface area contributed by atoms with Crippen molar-refractivity contribution in [3.63, 3.8) is 0 Å².